The second-order valence-corrected chi connectivity index (χ2v) is 6.76. The zero-order valence-electron chi connectivity index (χ0n) is 11.4. The van der Waals surface area contributed by atoms with E-state index in [0.717, 1.165) is 25.3 Å². The predicted molar refractivity (Wildman–Crippen MR) is 69.8 cm³/mol. The van der Waals surface area contributed by atoms with Crippen LogP contribution in [0.5, 0.6) is 0 Å². The molecule has 3 atom stereocenters. The SMILES string of the molecule is CC1CC(NC2CCCNC2=O)CC(C)(C)C1. The van der Waals surface area contributed by atoms with Crippen molar-refractivity contribution in [3.05, 3.63) is 0 Å². The quantitative estimate of drug-likeness (QED) is 0.773. The van der Waals surface area contributed by atoms with Gasteiger partial charge in [-0.05, 0) is 43.4 Å². The van der Waals surface area contributed by atoms with Gasteiger partial charge in [0.2, 0.25) is 5.91 Å². The van der Waals surface area contributed by atoms with Gasteiger partial charge in [-0.3, -0.25) is 4.79 Å². The largest absolute Gasteiger partial charge is 0.355 e. The lowest BCUT2D eigenvalue weighted by molar-refractivity contribution is -0.124. The fourth-order valence-corrected chi connectivity index (χ4v) is 3.69. The lowest BCUT2D eigenvalue weighted by Crippen LogP contribution is -2.53. The zero-order chi connectivity index (χ0) is 12.5. The van der Waals surface area contributed by atoms with Crippen LogP contribution in [0.2, 0.25) is 0 Å². The molecule has 2 fully saturated rings. The Morgan fingerprint density at radius 3 is 2.76 bits per heavy atom. The van der Waals surface area contributed by atoms with Crippen molar-refractivity contribution in [2.45, 2.75) is 65.0 Å². The summed E-state index contributed by atoms with van der Waals surface area (Å²) in [7, 11) is 0. The van der Waals surface area contributed by atoms with Crippen LogP contribution in [-0.2, 0) is 4.79 Å². The number of carbonyl (C=O) groups is 1. The van der Waals surface area contributed by atoms with Gasteiger partial charge in [-0.2, -0.15) is 0 Å². The van der Waals surface area contributed by atoms with E-state index >= 15 is 0 Å². The van der Waals surface area contributed by atoms with E-state index in [1.165, 1.54) is 19.3 Å². The lowest BCUT2D eigenvalue weighted by atomic mass is 9.70. The van der Waals surface area contributed by atoms with Gasteiger partial charge in [-0.15, -0.1) is 0 Å². The van der Waals surface area contributed by atoms with Crippen molar-refractivity contribution in [2.24, 2.45) is 11.3 Å². The summed E-state index contributed by atoms with van der Waals surface area (Å²) < 4.78 is 0. The van der Waals surface area contributed by atoms with Gasteiger partial charge in [0.05, 0.1) is 6.04 Å². The molecule has 17 heavy (non-hydrogen) atoms. The van der Waals surface area contributed by atoms with Crippen LogP contribution >= 0.6 is 0 Å². The Balaban J connectivity index is 1.91. The number of rotatable bonds is 2. The molecule has 2 aliphatic rings. The van der Waals surface area contributed by atoms with Gasteiger partial charge in [0.25, 0.3) is 0 Å². The maximum Gasteiger partial charge on any atom is 0.237 e. The van der Waals surface area contributed by atoms with Crippen LogP contribution < -0.4 is 10.6 Å². The second kappa shape index (κ2) is 4.97. The Labute approximate surface area is 105 Å². The van der Waals surface area contributed by atoms with Crippen molar-refractivity contribution in [3.8, 4) is 0 Å². The van der Waals surface area contributed by atoms with Crippen LogP contribution in [-0.4, -0.2) is 24.5 Å². The van der Waals surface area contributed by atoms with Gasteiger partial charge >= 0.3 is 0 Å². The fourth-order valence-electron chi connectivity index (χ4n) is 3.69. The summed E-state index contributed by atoms with van der Waals surface area (Å²) >= 11 is 0. The first-order chi connectivity index (χ1) is 7.96. The van der Waals surface area contributed by atoms with E-state index in [9.17, 15) is 4.79 Å². The van der Waals surface area contributed by atoms with Gasteiger partial charge < -0.3 is 10.6 Å². The van der Waals surface area contributed by atoms with E-state index in [4.69, 9.17) is 0 Å². The van der Waals surface area contributed by atoms with Crippen LogP contribution in [0.1, 0.15) is 52.9 Å². The Morgan fingerprint density at radius 1 is 1.35 bits per heavy atom. The third-order valence-electron chi connectivity index (χ3n) is 4.11. The highest BCUT2D eigenvalue weighted by Crippen LogP contribution is 2.38. The summed E-state index contributed by atoms with van der Waals surface area (Å²) in [5.74, 6) is 0.968. The molecule has 1 saturated heterocycles. The summed E-state index contributed by atoms with van der Waals surface area (Å²) in [5.41, 5.74) is 0.417. The van der Waals surface area contributed by atoms with Crippen molar-refractivity contribution in [2.75, 3.05) is 6.54 Å². The summed E-state index contributed by atoms with van der Waals surface area (Å²) in [6.07, 6.45) is 5.82. The third-order valence-corrected chi connectivity index (χ3v) is 4.11. The van der Waals surface area contributed by atoms with Gasteiger partial charge in [0.15, 0.2) is 0 Å². The second-order valence-electron chi connectivity index (χ2n) is 6.76. The molecule has 1 saturated carbocycles. The van der Waals surface area contributed by atoms with Crippen LogP contribution in [0.3, 0.4) is 0 Å². The first-order valence-corrected chi connectivity index (χ1v) is 7.00. The number of hydrogen-bond acceptors (Lipinski definition) is 2. The summed E-state index contributed by atoms with van der Waals surface area (Å²) in [5, 5.41) is 6.53. The molecule has 1 aliphatic heterocycles. The monoisotopic (exact) mass is 238 g/mol. The number of hydrogen-bond donors (Lipinski definition) is 2. The van der Waals surface area contributed by atoms with Gasteiger partial charge in [-0.25, -0.2) is 0 Å². The van der Waals surface area contributed by atoms with E-state index in [1.807, 2.05) is 0 Å². The number of carbonyl (C=O) groups excluding carboxylic acids is 1. The molecule has 0 radical (unpaired) electrons. The van der Waals surface area contributed by atoms with Gasteiger partial charge in [0, 0.05) is 12.6 Å². The fraction of sp³-hybridized carbons (Fsp3) is 0.929. The lowest BCUT2D eigenvalue weighted by Gasteiger charge is -2.41. The first kappa shape index (κ1) is 12.9. The molecule has 1 aliphatic carbocycles. The number of amides is 1. The minimum Gasteiger partial charge on any atom is -0.355 e. The maximum atomic E-state index is 11.7. The molecule has 3 heteroatoms. The van der Waals surface area contributed by atoms with E-state index in [2.05, 4.69) is 31.4 Å². The number of piperidine rings is 1. The van der Waals surface area contributed by atoms with Gasteiger partial charge in [-0.1, -0.05) is 20.8 Å². The molecular weight excluding hydrogens is 212 g/mol. The molecule has 3 unspecified atom stereocenters. The molecule has 2 rings (SSSR count). The highest BCUT2D eigenvalue weighted by atomic mass is 16.2. The minimum absolute atomic E-state index is 0.0508. The molecule has 98 valence electrons. The van der Waals surface area contributed by atoms with Crippen LogP contribution in [0.4, 0.5) is 0 Å². The van der Waals surface area contributed by atoms with E-state index < -0.39 is 0 Å². The molecule has 0 bridgehead atoms. The van der Waals surface area contributed by atoms with Crippen molar-refractivity contribution in [1.82, 2.24) is 10.6 Å². The third kappa shape index (κ3) is 3.44. The van der Waals surface area contributed by atoms with Crippen molar-refractivity contribution in [1.29, 1.82) is 0 Å². The Bertz CT molecular complexity index is 288. The van der Waals surface area contributed by atoms with Crippen molar-refractivity contribution >= 4 is 5.91 Å². The Hall–Kier alpha value is -0.570. The topological polar surface area (TPSA) is 41.1 Å². The minimum atomic E-state index is 0.0508. The smallest absolute Gasteiger partial charge is 0.237 e. The molecule has 1 amide bonds. The van der Waals surface area contributed by atoms with Gasteiger partial charge in [0.1, 0.15) is 0 Å². The highest BCUT2D eigenvalue weighted by Gasteiger charge is 2.34. The summed E-state index contributed by atoms with van der Waals surface area (Å²) in [6, 6.07) is 0.567. The first-order valence-electron chi connectivity index (χ1n) is 7.00. The standard InChI is InChI=1S/C14H26N2O/c1-10-7-11(9-14(2,3)8-10)16-12-5-4-6-15-13(12)17/h10-12,16H,4-9H2,1-3H3,(H,15,17). The molecule has 2 N–H and O–H groups in total. The zero-order valence-corrected chi connectivity index (χ0v) is 11.4. The maximum absolute atomic E-state index is 11.7. The van der Waals surface area contributed by atoms with E-state index in [0.29, 0.717) is 11.5 Å². The van der Waals surface area contributed by atoms with Crippen LogP contribution in [0.25, 0.3) is 0 Å². The van der Waals surface area contributed by atoms with Crippen molar-refractivity contribution < 1.29 is 4.79 Å². The molecule has 0 aromatic rings. The summed E-state index contributed by atoms with van der Waals surface area (Å²) in [6.45, 7) is 7.87. The molecular formula is C14H26N2O. The normalized spacial score (nSPS) is 37.6. The van der Waals surface area contributed by atoms with E-state index in [1.54, 1.807) is 0 Å². The van der Waals surface area contributed by atoms with Crippen LogP contribution in [0, 0.1) is 11.3 Å². The summed E-state index contributed by atoms with van der Waals surface area (Å²) in [4.78, 5) is 11.7. The Kier molecular flexibility index (Phi) is 3.76. The average Bonchev–Trinajstić information content (AvgIpc) is 2.18. The highest BCUT2D eigenvalue weighted by molar-refractivity contribution is 5.82. The van der Waals surface area contributed by atoms with Crippen molar-refractivity contribution in [3.63, 3.8) is 0 Å². The van der Waals surface area contributed by atoms with E-state index in [-0.39, 0.29) is 11.9 Å². The Morgan fingerprint density at radius 2 is 2.12 bits per heavy atom. The molecule has 0 aromatic carbocycles. The predicted octanol–water partition coefficient (Wildman–Crippen LogP) is 2.07. The molecule has 0 aromatic heterocycles. The number of nitrogens with one attached hydrogen (secondary N) is 2. The van der Waals surface area contributed by atoms with Crippen LogP contribution in [0.15, 0.2) is 0 Å². The molecule has 1 heterocycles. The molecule has 3 nitrogen and oxygen atoms in total. The average molecular weight is 238 g/mol. The molecule has 0 spiro atoms.